The van der Waals surface area contributed by atoms with Crippen molar-refractivity contribution in [3.63, 3.8) is 0 Å². The molecule has 4 heteroatoms. The number of hydrogen-bond acceptors (Lipinski definition) is 4. The lowest BCUT2D eigenvalue weighted by molar-refractivity contribution is 0.673. The van der Waals surface area contributed by atoms with Gasteiger partial charge >= 0.3 is 0 Å². The maximum atomic E-state index is 6.78. The Balaban J connectivity index is 1.24. The fraction of sp³-hybridized carbons (Fsp3) is 0. The summed E-state index contributed by atoms with van der Waals surface area (Å²) >= 11 is 0. The molecule has 10 aromatic rings. The standard InChI is InChI=1S/C47H29N3O/c1-4-14-30(15-5-1)34-28-41(43-40-25-24-31-16-10-11-21-35(31)44(40)51-42(43)29-34)38-26-27-39(37-23-13-12-22-36(37)38)47-49-45(32-17-6-2-7-18-32)48-46(50-47)33-19-8-3-9-20-33/h1-29H. The van der Waals surface area contributed by atoms with Crippen LogP contribution in [0.25, 0.3) is 99.9 Å². The molecule has 0 N–H and O–H groups in total. The quantitative estimate of drug-likeness (QED) is 0.186. The SMILES string of the molecule is c1ccc(-c2cc(-c3ccc(-c4nc(-c5ccccc5)nc(-c5ccccc5)n4)c4ccccc34)c3c(c2)oc2c4ccccc4ccc23)cc1. The minimum Gasteiger partial charge on any atom is -0.455 e. The fourth-order valence-corrected chi connectivity index (χ4v) is 7.30. The summed E-state index contributed by atoms with van der Waals surface area (Å²) in [6.45, 7) is 0. The van der Waals surface area contributed by atoms with Gasteiger partial charge in [-0.1, -0.05) is 152 Å². The molecule has 0 amide bonds. The van der Waals surface area contributed by atoms with Gasteiger partial charge in [0.05, 0.1) is 0 Å². The highest BCUT2D eigenvalue weighted by Gasteiger charge is 2.20. The topological polar surface area (TPSA) is 51.8 Å². The lowest BCUT2D eigenvalue weighted by Gasteiger charge is -2.15. The Morgan fingerprint density at radius 1 is 0.333 bits per heavy atom. The highest BCUT2D eigenvalue weighted by molar-refractivity contribution is 6.21. The summed E-state index contributed by atoms with van der Waals surface area (Å²) in [6.07, 6.45) is 0. The van der Waals surface area contributed by atoms with Crippen LogP contribution in [0, 0.1) is 0 Å². The average Bonchev–Trinajstić information content (AvgIpc) is 3.60. The van der Waals surface area contributed by atoms with Crippen LogP contribution in [0.15, 0.2) is 180 Å². The first kappa shape index (κ1) is 29.0. The van der Waals surface area contributed by atoms with Crippen LogP contribution in [0.3, 0.4) is 0 Å². The maximum absolute atomic E-state index is 6.78. The molecule has 10 rings (SSSR count). The molecule has 0 radical (unpaired) electrons. The van der Waals surface area contributed by atoms with Crippen LogP contribution in [-0.4, -0.2) is 15.0 Å². The van der Waals surface area contributed by atoms with Crippen molar-refractivity contribution in [2.24, 2.45) is 0 Å². The highest BCUT2D eigenvalue weighted by Crippen LogP contribution is 2.45. The van der Waals surface area contributed by atoms with Crippen LogP contribution >= 0.6 is 0 Å². The summed E-state index contributed by atoms with van der Waals surface area (Å²) in [5.74, 6) is 1.91. The van der Waals surface area contributed by atoms with E-state index in [-0.39, 0.29) is 0 Å². The molecule has 0 spiro atoms. The second-order valence-corrected chi connectivity index (χ2v) is 12.8. The third kappa shape index (κ3) is 4.96. The first-order valence-electron chi connectivity index (χ1n) is 17.1. The summed E-state index contributed by atoms with van der Waals surface area (Å²) < 4.78 is 6.78. The van der Waals surface area contributed by atoms with Gasteiger partial charge < -0.3 is 4.42 Å². The lowest BCUT2D eigenvalue weighted by atomic mass is 9.90. The van der Waals surface area contributed by atoms with Gasteiger partial charge in [0, 0.05) is 32.8 Å². The van der Waals surface area contributed by atoms with Crippen LogP contribution in [-0.2, 0) is 0 Å². The van der Waals surface area contributed by atoms with Gasteiger partial charge in [0.15, 0.2) is 17.5 Å². The number of benzene rings is 8. The predicted octanol–water partition coefficient (Wildman–Crippen LogP) is 12.4. The minimum absolute atomic E-state index is 0.633. The van der Waals surface area contributed by atoms with Crippen molar-refractivity contribution in [2.45, 2.75) is 0 Å². The monoisotopic (exact) mass is 651 g/mol. The average molecular weight is 652 g/mol. The Morgan fingerprint density at radius 2 is 0.863 bits per heavy atom. The molecule has 0 aliphatic heterocycles. The van der Waals surface area contributed by atoms with Crippen molar-refractivity contribution in [1.29, 1.82) is 0 Å². The molecule has 8 aromatic carbocycles. The van der Waals surface area contributed by atoms with Gasteiger partial charge in [0.1, 0.15) is 11.2 Å². The molecular weight excluding hydrogens is 623 g/mol. The Kier molecular flexibility index (Phi) is 6.78. The normalized spacial score (nSPS) is 11.5. The van der Waals surface area contributed by atoms with Crippen molar-refractivity contribution >= 4 is 43.5 Å². The van der Waals surface area contributed by atoms with E-state index < -0.39 is 0 Å². The van der Waals surface area contributed by atoms with Crippen LogP contribution in [0.2, 0.25) is 0 Å². The molecule has 2 heterocycles. The summed E-state index contributed by atoms with van der Waals surface area (Å²) in [5.41, 5.74) is 9.08. The van der Waals surface area contributed by atoms with Crippen molar-refractivity contribution in [1.82, 2.24) is 15.0 Å². The highest BCUT2D eigenvalue weighted by atomic mass is 16.3. The van der Waals surface area contributed by atoms with E-state index in [1.807, 2.05) is 60.7 Å². The van der Waals surface area contributed by atoms with Crippen LogP contribution < -0.4 is 0 Å². The molecular formula is C47H29N3O. The predicted molar refractivity (Wildman–Crippen MR) is 209 cm³/mol. The van der Waals surface area contributed by atoms with E-state index in [4.69, 9.17) is 19.4 Å². The minimum atomic E-state index is 0.633. The summed E-state index contributed by atoms with van der Waals surface area (Å²) in [6, 6.07) is 61.0. The molecule has 0 fully saturated rings. The first-order chi connectivity index (χ1) is 25.3. The fourth-order valence-electron chi connectivity index (χ4n) is 7.30. The number of fused-ring (bicyclic) bond motifs is 6. The van der Waals surface area contributed by atoms with Gasteiger partial charge in [0.2, 0.25) is 0 Å². The van der Waals surface area contributed by atoms with E-state index >= 15 is 0 Å². The third-order valence-electron chi connectivity index (χ3n) is 9.72. The van der Waals surface area contributed by atoms with Gasteiger partial charge in [-0.3, -0.25) is 0 Å². The lowest BCUT2D eigenvalue weighted by Crippen LogP contribution is -2.00. The summed E-state index contributed by atoms with van der Waals surface area (Å²) in [7, 11) is 0. The number of aromatic nitrogens is 3. The number of rotatable bonds is 5. The van der Waals surface area contributed by atoms with Crippen molar-refractivity contribution in [3.8, 4) is 56.4 Å². The summed E-state index contributed by atoms with van der Waals surface area (Å²) in [4.78, 5) is 15.1. The molecule has 238 valence electrons. The van der Waals surface area contributed by atoms with Crippen molar-refractivity contribution in [2.75, 3.05) is 0 Å². The van der Waals surface area contributed by atoms with Gasteiger partial charge in [-0.2, -0.15) is 0 Å². The second kappa shape index (κ2) is 11.9. The smallest absolute Gasteiger partial charge is 0.164 e. The molecule has 0 aliphatic rings. The molecule has 0 saturated carbocycles. The van der Waals surface area contributed by atoms with E-state index in [0.29, 0.717) is 17.5 Å². The first-order valence-corrected chi connectivity index (χ1v) is 17.1. The van der Waals surface area contributed by atoms with E-state index in [2.05, 4.69) is 115 Å². The Bertz CT molecular complexity index is 2840. The second-order valence-electron chi connectivity index (χ2n) is 12.8. The van der Waals surface area contributed by atoms with Crippen molar-refractivity contribution < 1.29 is 4.42 Å². The van der Waals surface area contributed by atoms with Gasteiger partial charge in [0.25, 0.3) is 0 Å². The Labute approximate surface area is 294 Å². The molecule has 0 aliphatic carbocycles. The van der Waals surface area contributed by atoms with E-state index in [1.54, 1.807) is 0 Å². The summed E-state index contributed by atoms with van der Waals surface area (Å²) in [5, 5.41) is 6.65. The molecule has 4 nitrogen and oxygen atoms in total. The Morgan fingerprint density at radius 3 is 1.53 bits per heavy atom. The van der Waals surface area contributed by atoms with Gasteiger partial charge in [-0.25, -0.2) is 15.0 Å². The zero-order chi connectivity index (χ0) is 33.7. The number of furan rings is 1. The van der Waals surface area contributed by atoms with E-state index in [0.717, 1.165) is 82.4 Å². The Hall–Kier alpha value is -6.91. The third-order valence-corrected chi connectivity index (χ3v) is 9.72. The number of hydrogen-bond donors (Lipinski definition) is 0. The molecule has 0 bridgehead atoms. The van der Waals surface area contributed by atoms with Gasteiger partial charge in [-0.15, -0.1) is 0 Å². The molecule has 51 heavy (non-hydrogen) atoms. The van der Waals surface area contributed by atoms with Gasteiger partial charge in [-0.05, 0) is 62.7 Å². The largest absolute Gasteiger partial charge is 0.455 e. The van der Waals surface area contributed by atoms with Crippen LogP contribution in [0.5, 0.6) is 0 Å². The van der Waals surface area contributed by atoms with E-state index in [1.165, 1.54) is 0 Å². The van der Waals surface area contributed by atoms with E-state index in [9.17, 15) is 0 Å². The zero-order valence-corrected chi connectivity index (χ0v) is 27.5. The van der Waals surface area contributed by atoms with Crippen LogP contribution in [0.1, 0.15) is 0 Å². The van der Waals surface area contributed by atoms with Crippen LogP contribution in [0.4, 0.5) is 0 Å². The molecule has 2 aromatic heterocycles. The van der Waals surface area contributed by atoms with Crippen molar-refractivity contribution in [3.05, 3.63) is 176 Å². The molecule has 0 saturated heterocycles. The molecule has 0 unspecified atom stereocenters. The zero-order valence-electron chi connectivity index (χ0n) is 27.5. The number of nitrogens with zero attached hydrogens (tertiary/aromatic N) is 3. The molecule has 0 atom stereocenters. The maximum Gasteiger partial charge on any atom is 0.164 e.